The number of halogens is 3. The number of likely N-dealkylation sites (tertiary alicyclic amines) is 1. The van der Waals surface area contributed by atoms with E-state index in [4.69, 9.17) is 0 Å². The number of hydrogen-bond donors (Lipinski definition) is 3. The highest BCUT2D eigenvalue weighted by molar-refractivity contribution is 5.52. The summed E-state index contributed by atoms with van der Waals surface area (Å²) in [5.74, 6) is -0.0639. The largest absolute Gasteiger partial charge is 0.507 e. The average Bonchev–Trinajstić information content (AvgIpc) is 3.43. The molecule has 2 saturated heterocycles. The number of phenolic OH excluding ortho intramolecular Hbond substituents is 1. The number of nitrogens with zero attached hydrogens (tertiary/aromatic N) is 1. The highest BCUT2D eigenvalue weighted by atomic mass is 19.4. The van der Waals surface area contributed by atoms with Crippen LogP contribution in [0.4, 0.5) is 13.2 Å². The minimum absolute atomic E-state index is 0.167. The Hall–Kier alpha value is -1.31. The molecular weight excluding hydrogens is 369 g/mol. The third-order valence-corrected chi connectivity index (χ3v) is 7.70. The lowest BCUT2D eigenvalue weighted by molar-refractivity contribution is -0.149. The Kier molecular flexibility index (Phi) is 4.07. The summed E-state index contributed by atoms with van der Waals surface area (Å²) in [4.78, 5) is 2.34. The molecule has 2 bridgehead atoms. The maximum Gasteiger partial charge on any atom is 0.419 e. The molecule has 0 radical (unpaired) electrons. The number of alkyl halides is 3. The lowest BCUT2D eigenvalue weighted by Crippen LogP contribution is -2.71. The second kappa shape index (κ2) is 6.09. The van der Waals surface area contributed by atoms with Gasteiger partial charge in [-0.1, -0.05) is 0 Å². The third kappa shape index (κ3) is 2.62. The first-order valence-electron chi connectivity index (χ1n) is 10.4. The van der Waals surface area contributed by atoms with Crippen LogP contribution in [0, 0.1) is 5.92 Å². The van der Waals surface area contributed by atoms with Gasteiger partial charge in [-0.05, 0) is 87.3 Å². The van der Waals surface area contributed by atoms with Gasteiger partial charge in [0.2, 0.25) is 0 Å². The minimum Gasteiger partial charge on any atom is -0.507 e. The first-order chi connectivity index (χ1) is 13.2. The quantitative estimate of drug-likeness (QED) is 0.720. The summed E-state index contributed by atoms with van der Waals surface area (Å²) in [6.07, 6.45) is 0.206. The second-order valence-electron chi connectivity index (χ2n) is 9.19. The highest BCUT2D eigenvalue weighted by Crippen LogP contribution is 2.57. The summed E-state index contributed by atoms with van der Waals surface area (Å²) < 4.78 is 40.2. The molecule has 5 rings (SSSR count). The first-order valence-corrected chi connectivity index (χ1v) is 10.4. The molecule has 1 aromatic rings. The number of piperidine rings is 1. The topological polar surface area (TPSA) is 55.7 Å². The summed E-state index contributed by atoms with van der Waals surface area (Å²) in [7, 11) is 0. The van der Waals surface area contributed by atoms with E-state index in [0.717, 1.165) is 31.3 Å². The molecule has 0 amide bonds. The molecule has 1 saturated carbocycles. The molecule has 0 aromatic heterocycles. The molecule has 0 spiro atoms. The van der Waals surface area contributed by atoms with Crippen LogP contribution in [0.25, 0.3) is 0 Å². The average molecular weight is 396 g/mol. The van der Waals surface area contributed by atoms with Crippen LogP contribution in [-0.2, 0) is 18.0 Å². The fourth-order valence-corrected chi connectivity index (χ4v) is 6.11. The first kappa shape index (κ1) is 18.7. The molecule has 3 fully saturated rings. The van der Waals surface area contributed by atoms with E-state index >= 15 is 0 Å². The predicted molar refractivity (Wildman–Crippen MR) is 98.2 cm³/mol. The zero-order chi connectivity index (χ0) is 19.7. The number of aromatic hydroxyl groups is 1. The van der Waals surface area contributed by atoms with E-state index in [9.17, 15) is 23.4 Å². The summed E-state index contributed by atoms with van der Waals surface area (Å²) in [5, 5.41) is 25.6. The SMILES string of the molecule is Oc1cc2c(cc1C(F)(F)F)C[C@H]1N(CC3CC3)CC[C@@]23CCNCC[C@@]13O. The van der Waals surface area contributed by atoms with E-state index in [-0.39, 0.29) is 6.04 Å². The Morgan fingerprint density at radius 3 is 2.61 bits per heavy atom. The van der Waals surface area contributed by atoms with Gasteiger partial charge in [-0.25, -0.2) is 0 Å². The van der Waals surface area contributed by atoms with Gasteiger partial charge in [-0.2, -0.15) is 13.2 Å². The van der Waals surface area contributed by atoms with Gasteiger partial charge in [0.05, 0.1) is 11.2 Å². The van der Waals surface area contributed by atoms with Crippen molar-refractivity contribution in [3.8, 4) is 5.75 Å². The van der Waals surface area contributed by atoms with Gasteiger partial charge in [0.1, 0.15) is 5.75 Å². The Morgan fingerprint density at radius 2 is 1.89 bits per heavy atom. The summed E-state index contributed by atoms with van der Waals surface area (Å²) in [6.45, 7) is 3.20. The molecule has 1 aromatic carbocycles. The van der Waals surface area contributed by atoms with Crippen molar-refractivity contribution >= 4 is 0 Å². The molecule has 0 unspecified atom stereocenters. The molecule has 28 heavy (non-hydrogen) atoms. The smallest absolute Gasteiger partial charge is 0.419 e. The van der Waals surface area contributed by atoms with Crippen LogP contribution in [0.3, 0.4) is 0 Å². The lowest BCUT2D eigenvalue weighted by Gasteiger charge is -2.61. The molecule has 3 atom stereocenters. The summed E-state index contributed by atoms with van der Waals surface area (Å²) >= 11 is 0. The van der Waals surface area contributed by atoms with Crippen LogP contribution >= 0.6 is 0 Å². The molecule has 154 valence electrons. The van der Waals surface area contributed by atoms with E-state index in [1.165, 1.54) is 18.9 Å². The molecule has 3 N–H and O–H groups in total. The van der Waals surface area contributed by atoms with Crippen molar-refractivity contribution in [2.75, 3.05) is 26.2 Å². The van der Waals surface area contributed by atoms with E-state index < -0.39 is 28.5 Å². The van der Waals surface area contributed by atoms with Gasteiger partial charge in [-0.15, -0.1) is 0 Å². The number of rotatable bonds is 2. The van der Waals surface area contributed by atoms with Crippen molar-refractivity contribution in [3.05, 3.63) is 28.8 Å². The Morgan fingerprint density at radius 1 is 1.14 bits per heavy atom. The fourth-order valence-electron chi connectivity index (χ4n) is 6.11. The van der Waals surface area contributed by atoms with Crippen LogP contribution in [0.1, 0.15) is 48.8 Å². The number of nitrogens with one attached hydrogen (secondary N) is 1. The standard InChI is InChI=1S/C21H27F3N2O2/c22-21(23,24)16-9-14-10-18-20(28)4-7-25-6-3-19(20,15(14)11-17(16)27)5-8-26(18)12-13-1-2-13/h9,11,13,18,25,27-28H,1-8,10,12H2/t18-,19+,20-/m1/s1. The van der Waals surface area contributed by atoms with E-state index in [1.54, 1.807) is 0 Å². The Bertz CT molecular complexity index is 795. The molecule has 2 aliphatic carbocycles. The number of phenols is 1. The number of aliphatic hydroxyl groups is 1. The Balaban J connectivity index is 1.66. The lowest BCUT2D eigenvalue weighted by atomic mass is 9.52. The monoisotopic (exact) mass is 396 g/mol. The predicted octanol–water partition coefficient (Wildman–Crippen LogP) is 2.80. The molecule has 2 heterocycles. The number of hydrogen-bond acceptors (Lipinski definition) is 4. The molecule has 4 aliphatic rings. The van der Waals surface area contributed by atoms with Gasteiger partial charge in [0.15, 0.2) is 0 Å². The Labute approximate surface area is 162 Å². The molecule has 7 heteroatoms. The van der Waals surface area contributed by atoms with Gasteiger partial charge < -0.3 is 15.5 Å². The van der Waals surface area contributed by atoms with Crippen molar-refractivity contribution in [1.82, 2.24) is 10.2 Å². The fraction of sp³-hybridized carbons (Fsp3) is 0.714. The van der Waals surface area contributed by atoms with Crippen LogP contribution < -0.4 is 5.32 Å². The summed E-state index contributed by atoms with van der Waals surface area (Å²) in [6, 6.07) is 2.28. The molecular formula is C21H27F3N2O2. The zero-order valence-corrected chi connectivity index (χ0v) is 15.9. The second-order valence-corrected chi connectivity index (χ2v) is 9.19. The minimum atomic E-state index is -4.58. The van der Waals surface area contributed by atoms with Crippen molar-refractivity contribution in [2.45, 2.75) is 61.8 Å². The van der Waals surface area contributed by atoms with E-state index in [1.807, 2.05) is 0 Å². The summed E-state index contributed by atoms with van der Waals surface area (Å²) in [5.41, 5.74) is -1.18. The van der Waals surface area contributed by atoms with E-state index in [0.29, 0.717) is 43.7 Å². The van der Waals surface area contributed by atoms with Gasteiger partial charge in [0.25, 0.3) is 0 Å². The van der Waals surface area contributed by atoms with Crippen LogP contribution in [0.5, 0.6) is 5.75 Å². The van der Waals surface area contributed by atoms with Gasteiger partial charge in [0, 0.05) is 18.0 Å². The van der Waals surface area contributed by atoms with Crippen LogP contribution in [0.2, 0.25) is 0 Å². The van der Waals surface area contributed by atoms with E-state index in [2.05, 4.69) is 10.2 Å². The van der Waals surface area contributed by atoms with Crippen LogP contribution in [0.15, 0.2) is 12.1 Å². The van der Waals surface area contributed by atoms with Crippen molar-refractivity contribution < 1.29 is 23.4 Å². The van der Waals surface area contributed by atoms with Crippen molar-refractivity contribution in [1.29, 1.82) is 0 Å². The highest BCUT2D eigenvalue weighted by Gasteiger charge is 2.63. The molecule has 2 aliphatic heterocycles. The van der Waals surface area contributed by atoms with Gasteiger partial charge in [-0.3, -0.25) is 4.90 Å². The van der Waals surface area contributed by atoms with Gasteiger partial charge >= 0.3 is 6.18 Å². The molecule has 4 nitrogen and oxygen atoms in total. The van der Waals surface area contributed by atoms with Crippen LogP contribution in [-0.4, -0.2) is 52.9 Å². The number of fused-ring (bicyclic) bond motifs is 1. The third-order valence-electron chi connectivity index (χ3n) is 7.70. The maximum absolute atomic E-state index is 13.4. The maximum atomic E-state index is 13.4. The zero-order valence-electron chi connectivity index (χ0n) is 15.9. The van der Waals surface area contributed by atoms with Crippen molar-refractivity contribution in [2.24, 2.45) is 5.92 Å². The number of benzene rings is 1. The normalized spacial score (nSPS) is 35.8. The van der Waals surface area contributed by atoms with Crippen molar-refractivity contribution in [3.63, 3.8) is 0 Å².